The van der Waals surface area contributed by atoms with Crippen LogP contribution in [0.3, 0.4) is 0 Å². The number of likely N-dealkylation sites (tertiary alicyclic amines) is 1. The van der Waals surface area contributed by atoms with Crippen LogP contribution in [0.25, 0.3) is 0 Å². The van der Waals surface area contributed by atoms with Crippen molar-refractivity contribution in [2.24, 2.45) is 11.8 Å². The highest BCUT2D eigenvalue weighted by molar-refractivity contribution is 5.94. The number of methoxy groups -OCH3 is 1. The van der Waals surface area contributed by atoms with Crippen LogP contribution in [0.2, 0.25) is 0 Å². The minimum Gasteiger partial charge on any atom is -0.494 e. The van der Waals surface area contributed by atoms with Gasteiger partial charge < -0.3 is 15.0 Å². The number of rotatable bonds is 3. The summed E-state index contributed by atoms with van der Waals surface area (Å²) in [6, 6.07) is 4.42. The molecule has 1 unspecified atom stereocenters. The highest BCUT2D eigenvalue weighted by atomic mass is 19.1. The minimum atomic E-state index is -0.486. The van der Waals surface area contributed by atoms with Gasteiger partial charge in [0, 0.05) is 18.7 Å². The largest absolute Gasteiger partial charge is 0.494 e. The van der Waals surface area contributed by atoms with Gasteiger partial charge in [0.2, 0.25) is 0 Å². The Bertz CT molecular complexity index is 535. The van der Waals surface area contributed by atoms with E-state index in [2.05, 4.69) is 5.32 Å². The summed E-state index contributed by atoms with van der Waals surface area (Å²) in [4.78, 5) is 14.3. The van der Waals surface area contributed by atoms with Crippen LogP contribution >= 0.6 is 0 Å². The fourth-order valence-corrected chi connectivity index (χ4v) is 3.64. The minimum absolute atomic E-state index is 0.0791. The molecular weight excluding hydrogens is 283 g/mol. The van der Waals surface area contributed by atoms with E-state index in [4.69, 9.17) is 4.74 Å². The van der Waals surface area contributed by atoms with Crippen molar-refractivity contribution in [3.8, 4) is 5.75 Å². The number of halogens is 1. The molecule has 1 aromatic rings. The summed E-state index contributed by atoms with van der Waals surface area (Å²) < 4.78 is 18.6. The quantitative estimate of drug-likeness (QED) is 0.931. The molecule has 0 spiro atoms. The van der Waals surface area contributed by atoms with E-state index in [0.29, 0.717) is 11.5 Å². The van der Waals surface area contributed by atoms with Crippen molar-refractivity contribution in [1.29, 1.82) is 0 Å². The second-order valence-electron chi connectivity index (χ2n) is 6.23. The lowest BCUT2D eigenvalue weighted by Gasteiger charge is -2.34. The molecule has 5 heteroatoms. The molecule has 0 aromatic heterocycles. The number of amides is 1. The second kappa shape index (κ2) is 6.65. The van der Waals surface area contributed by atoms with Gasteiger partial charge in [0.05, 0.1) is 7.11 Å². The fraction of sp³-hybridized carbons (Fsp3) is 0.588. The topological polar surface area (TPSA) is 41.6 Å². The van der Waals surface area contributed by atoms with E-state index in [-0.39, 0.29) is 11.7 Å². The van der Waals surface area contributed by atoms with Crippen LogP contribution in [0.4, 0.5) is 4.39 Å². The molecule has 0 bridgehead atoms. The monoisotopic (exact) mass is 306 g/mol. The Morgan fingerprint density at radius 2 is 2.05 bits per heavy atom. The SMILES string of the molecule is COc1ccc(C(=O)N2CCC(C3CCNC3)CC2)cc1F. The maximum Gasteiger partial charge on any atom is 0.253 e. The smallest absolute Gasteiger partial charge is 0.253 e. The van der Waals surface area contributed by atoms with Crippen LogP contribution in [0, 0.1) is 17.7 Å². The van der Waals surface area contributed by atoms with Gasteiger partial charge in [0.15, 0.2) is 11.6 Å². The molecule has 2 heterocycles. The van der Waals surface area contributed by atoms with E-state index in [1.54, 1.807) is 6.07 Å². The summed E-state index contributed by atoms with van der Waals surface area (Å²) >= 11 is 0. The fourth-order valence-electron chi connectivity index (χ4n) is 3.64. The zero-order valence-electron chi connectivity index (χ0n) is 13.0. The van der Waals surface area contributed by atoms with E-state index in [0.717, 1.165) is 44.9 Å². The summed E-state index contributed by atoms with van der Waals surface area (Å²) in [5.74, 6) is 1.08. The van der Waals surface area contributed by atoms with E-state index in [1.807, 2.05) is 4.90 Å². The first-order valence-corrected chi connectivity index (χ1v) is 8.02. The Labute approximate surface area is 130 Å². The highest BCUT2D eigenvalue weighted by Gasteiger charge is 2.30. The molecule has 2 saturated heterocycles. The first-order valence-electron chi connectivity index (χ1n) is 8.02. The molecule has 1 atom stereocenters. The Kier molecular flexibility index (Phi) is 4.62. The number of hydrogen-bond acceptors (Lipinski definition) is 3. The van der Waals surface area contributed by atoms with Gasteiger partial charge >= 0.3 is 0 Å². The van der Waals surface area contributed by atoms with E-state index in [1.165, 1.54) is 25.7 Å². The van der Waals surface area contributed by atoms with Gasteiger partial charge in [-0.3, -0.25) is 4.79 Å². The Balaban J connectivity index is 1.60. The Morgan fingerprint density at radius 1 is 1.27 bits per heavy atom. The average Bonchev–Trinajstić information content (AvgIpc) is 3.09. The van der Waals surface area contributed by atoms with Crippen molar-refractivity contribution < 1.29 is 13.9 Å². The van der Waals surface area contributed by atoms with Crippen LogP contribution in [0.1, 0.15) is 29.6 Å². The molecule has 1 N–H and O–H groups in total. The number of hydrogen-bond donors (Lipinski definition) is 1. The van der Waals surface area contributed by atoms with Crippen LogP contribution in [-0.4, -0.2) is 44.1 Å². The summed E-state index contributed by atoms with van der Waals surface area (Å²) in [6.07, 6.45) is 3.36. The Hall–Kier alpha value is -1.62. The summed E-state index contributed by atoms with van der Waals surface area (Å²) in [5, 5.41) is 3.41. The van der Waals surface area contributed by atoms with Crippen LogP contribution in [-0.2, 0) is 0 Å². The number of benzene rings is 1. The molecule has 2 aliphatic rings. The third-order valence-electron chi connectivity index (χ3n) is 4.99. The number of carbonyl (C=O) groups excluding carboxylic acids is 1. The molecule has 120 valence electrons. The summed E-state index contributed by atoms with van der Waals surface area (Å²) in [7, 11) is 1.42. The zero-order chi connectivity index (χ0) is 15.5. The molecule has 2 aliphatic heterocycles. The van der Waals surface area contributed by atoms with Crippen LogP contribution < -0.4 is 10.1 Å². The van der Waals surface area contributed by atoms with Gasteiger partial charge in [-0.25, -0.2) is 4.39 Å². The highest BCUT2D eigenvalue weighted by Crippen LogP contribution is 2.29. The average molecular weight is 306 g/mol. The van der Waals surface area contributed by atoms with Gasteiger partial charge in [-0.2, -0.15) is 0 Å². The third kappa shape index (κ3) is 3.09. The number of ether oxygens (including phenoxy) is 1. The standard InChI is InChI=1S/C17H23FN2O2/c1-22-16-3-2-13(10-15(16)18)17(21)20-8-5-12(6-9-20)14-4-7-19-11-14/h2-3,10,12,14,19H,4-9,11H2,1H3. The van der Waals surface area contributed by atoms with E-state index >= 15 is 0 Å². The molecule has 4 nitrogen and oxygen atoms in total. The number of nitrogens with one attached hydrogen (secondary N) is 1. The van der Waals surface area contributed by atoms with Gasteiger partial charge in [0.1, 0.15) is 0 Å². The number of nitrogens with zero attached hydrogens (tertiary/aromatic N) is 1. The number of piperidine rings is 1. The van der Waals surface area contributed by atoms with Gasteiger partial charge in [-0.15, -0.1) is 0 Å². The van der Waals surface area contributed by atoms with Crippen molar-refractivity contribution in [3.05, 3.63) is 29.6 Å². The number of carbonyl (C=O) groups is 1. The van der Waals surface area contributed by atoms with Crippen LogP contribution in [0.15, 0.2) is 18.2 Å². The summed E-state index contributed by atoms with van der Waals surface area (Å²) in [6.45, 7) is 3.78. The molecule has 2 fully saturated rings. The van der Waals surface area contributed by atoms with Crippen molar-refractivity contribution >= 4 is 5.91 Å². The molecule has 0 aliphatic carbocycles. The third-order valence-corrected chi connectivity index (χ3v) is 4.99. The van der Waals surface area contributed by atoms with Gasteiger partial charge in [-0.05, 0) is 62.4 Å². The molecule has 1 amide bonds. The first kappa shape index (κ1) is 15.3. The van der Waals surface area contributed by atoms with Crippen LogP contribution in [0.5, 0.6) is 5.75 Å². The van der Waals surface area contributed by atoms with Gasteiger partial charge in [0.25, 0.3) is 5.91 Å². The molecule has 0 saturated carbocycles. The molecule has 3 rings (SSSR count). The first-order chi connectivity index (χ1) is 10.7. The van der Waals surface area contributed by atoms with Crippen molar-refractivity contribution in [3.63, 3.8) is 0 Å². The summed E-state index contributed by atoms with van der Waals surface area (Å²) in [5.41, 5.74) is 0.402. The maximum absolute atomic E-state index is 13.7. The molecular formula is C17H23FN2O2. The van der Waals surface area contributed by atoms with Gasteiger partial charge in [-0.1, -0.05) is 0 Å². The lowest BCUT2D eigenvalue weighted by molar-refractivity contribution is 0.0662. The Morgan fingerprint density at radius 3 is 2.64 bits per heavy atom. The maximum atomic E-state index is 13.7. The second-order valence-corrected chi connectivity index (χ2v) is 6.23. The predicted octanol–water partition coefficient (Wildman–Crippen LogP) is 2.30. The van der Waals surface area contributed by atoms with Crippen molar-refractivity contribution in [2.45, 2.75) is 19.3 Å². The normalized spacial score (nSPS) is 22.8. The molecule has 22 heavy (non-hydrogen) atoms. The molecule has 0 radical (unpaired) electrons. The van der Waals surface area contributed by atoms with Crippen molar-refractivity contribution in [2.75, 3.05) is 33.3 Å². The van der Waals surface area contributed by atoms with E-state index < -0.39 is 5.82 Å². The zero-order valence-corrected chi connectivity index (χ0v) is 13.0. The lowest BCUT2D eigenvalue weighted by Crippen LogP contribution is -2.40. The molecule has 1 aromatic carbocycles. The predicted molar refractivity (Wildman–Crippen MR) is 82.6 cm³/mol. The van der Waals surface area contributed by atoms with Crippen molar-refractivity contribution in [1.82, 2.24) is 10.2 Å². The lowest BCUT2D eigenvalue weighted by atomic mass is 9.83. The van der Waals surface area contributed by atoms with E-state index in [9.17, 15) is 9.18 Å².